The van der Waals surface area contributed by atoms with Crippen molar-refractivity contribution < 1.29 is 15.0 Å². The van der Waals surface area contributed by atoms with Crippen LogP contribution in [0, 0.1) is 0 Å². The monoisotopic (exact) mass is 628 g/mol. The van der Waals surface area contributed by atoms with Gasteiger partial charge in [0.25, 0.3) is 0 Å². The number of benzene rings is 4. The Kier molecular flexibility index (Phi) is 6.64. The second-order valence-corrected chi connectivity index (χ2v) is 47.8. The van der Waals surface area contributed by atoms with E-state index in [1.54, 1.807) is 0 Å². The van der Waals surface area contributed by atoms with Crippen molar-refractivity contribution in [2.24, 2.45) is 0 Å². The summed E-state index contributed by atoms with van der Waals surface area (Å²) < 4.78 is 2.45. The number of halogens is 2. The standard InChI is InChI=1S/2C16H13.C2H6Si.2ClH.Zr/c2*1-12-11-16(13-7-3-2-4-8-13)15-10-6-5-9-14(12)15;1-3-2;;;/h2*2-8,10-11,16H,1H3;1-2H3;2*1H;/q;;;;;+2/p-2. The van der Waals surface area contributed by atoms with Crippen LogP contribution in [-0.2, 0) is 15.0 Å². The third-order valence-corrected chi connectivity index (χ3v) is 51.5. The fraction of sp³-hybridized carbons (Fsp3) is 0.176. The predicted molar refractivity (Wildman–Crippen MR) is 165 cm³/mol. The van der Waals surface area contributed by atoms with Gasteiger partial charge in [-0.2, -0.15) is 0 Å². The van der Waals surface area contributed by atoms with E-state index in [0.29, 0.717) is 0 Å². The molecule has 0 fully saturated rings. The molecule has 190 valence electrons. The van der Waals surface area contributed by atoms with E-state index in [-0.39, 0.29) is 11.8 Å². The molecule has 0 aromatic heterocycles. The summed E-state index contributed by atoms with van der Waals surface area (Å²) in [5.74, 6) is 0.460. The molecule has 0 bridgehead atoms. The van der Waals surface area contributed by atoms with Gasteiger partial charge in [0.05, 0.1) is 0 Å². The summed E-state index contributed by atoms with van der Waals surface area (Å²) in [6.45, 7) is 9.14. The van der Waals surface area contributed by atoms with Crippen LogP contribution < -0.4 is 6.54 Å². The van der Waals surface area contributed by atoms with Crippen molar-refractivity contribution >= 4 is 40.1 Å². The van der Waals surface area contributed by atoms with Gasteiger partial charge in [-0.15, -0.1) is 0 Å². The normalized spacial score (nSPS) is 18.5. The summed E-state index contributed by atoms with van der Waals surface area (Å²) in [6.07, 6.45) is 4.80. The molecule has 4 aromatic carbocycles. The SMILES string of the molecule is CC1=CC(c2ccccc2)c2ccc[c]([Zr]([Cl])([Cl])([c]3cccc4c3C(C)=CC4c3ccccc3)=[Si](C)C)c21. The molecule has 0 N–H and O–H groups in total. The van der Waals surface area contributed by atoms with E-state index < -0.39 is 20.4 Å². The van der Waals surface area contributed by atoms with E-state index in [1.165, 1.54) is 51.1 Å². The van der Waals surface area contributed by atoms with Gasteiger partial charge in [0.1, 0.15) is 0 Å². The zero-order valence-electron chi connectivity index (χ0n) is 22.3. The molecule has 0 saturated heterocycles. The number of rotatable bonds is 4. The quantitative estimate of drug-likeness (QED) is 0.198. The molecule has 2 atom stereocenters. The van der Waals surface area contributed by atoms with Crippen LogP contribution in [0.2, 0.25) is 13.1 Å². The predicted octanol–water partition coefficient (Wildman–Crippen LogP) is 8.98. The van der Waals surface area contributed by atoms with Gasteiger partial charge in [-0.3, -0.25) is 0 Å². The molecule has 0 aliphatic heterocycles. The molecule has 0 nitrogen and oxygen atoms in total. The van der Waals surface area contributed by atoms with Crippen LogP contribution in [0.4, 0.5) is 0 Å². The summed E-state index contributed by atoms with van der Waals surface area (Å²) >= 11 is -4.80. The molecule has 0 amide bonds. The first-order chi connectivity index (χ1) is 18.2. The first-order valence-corrected chi connectivity index (χ1v) is 28.3. The van der Waals surface area contributed by atoms with Gasteiger partial charge in [0, 0.05) is 0 Å². The Morgan fingerprint density at radius 3 is 1.32 bits per heavy atom. The van der Waals surface area contributed by atoms with Crippen LogP contribution in [0.5, 0.6) is 0 Å². The second-order valence-electron chi connectivity index (χ2n) is 11.0. The van der Waals surface area contributed by atoms with Gasteiger partial charge < -0.3 is 0 Å². The minimum atomic E-state index is -4.80. The topological polar surface area (TPSA) is 0 Å². The minimum absolute atomic E-state index is 0.230. The van der Waals surface area contributed by atoms with Crippen molar-refractivity contribution in [2.75, 3.05) is 0 Å². The van der Waals surface area contributed by atoms with E-state index in [0.717, 1.165) is 0 Å². The molecule has 4 heteroatoms. The number of hydrogen-bond donors (Lipinski definition) is 0. The van der Waals surface area contributed by atoms with Crippen molar-refractivity contribution in [2.45, 2.75) is 38.8 Å². The van der Waals surface area contributed by atoms with Crippen molar-refractivity contribution in [3.63, 3.8) is 0 Å². The fourth-order valence-corrected chi connectivity index (χ4v) is 28.3. The van der Waals surface area contributed by atoms with Crippen LogP contribution in [0.3, 0.4) is 0 Å². The van der Waals surface area contributed by atoms with Crippen LogP contribution in [-0.4, -0.2) is 5.43 Å². The van der Waals surface area contributed by atoms with Crippen molar-refractivity contribution in [1.29, 1.82) is 0 Å². The zero-order chi connectivity index (χ0) is 26.7. The maximum atomic E-state index is 8.23. The Morgan fingerprint density at radius 2 is 0.947 bits per heavy atom. The van der Waals surface area contributed by atoms with Crippen LogP contribution in [0.1, 0.15) is 59.1 Å². The zero-order valence-corrected chi connectivity index (χ0v) is 27.3. The van der Waals surface area contributed by atoms with E-state index in [1.807, 2.05) is 0 Å². The summed E-state index contributed by atoms with van der Waals surface area (Å²) in [5, 5.41) is 0. The number of hydrogen-bond acceptors (Lipinski definition) is 0. The van der Waals surface area contributed by atoms with Gasteiger partial charge in [0.15, 0.2) is 0 Å². The van der Waals surface area contributed by atoms with Gasteiger partial charge in [0.2, 0.25) is 0 Å². The Labute approximate surface area is 234 Å². The van der Waals surface area contributed by atoms with E-state index in [2.05, 4.69) is 136 Å². The van der Waals surface area contributed by atoms with Crippen molar-refractivity contribution in [3.8, 4) is 0 Å². The van der Waals surface area contributed by atoms with Crippen LogP contribution in [0.15, 0.2) is 109 Å². The molecule has 0 heterocycles. The molecule has 4 aromatic rings. The second kappa shape index (κ2) is 9.60. The Morgan fingerprint density at radius 1 is 0.553 bits per heavy atom. The summed E-state index contributed by atoms with van der Waals surface area (Å²) in [6, 6.07) is 35.0. The molecule has 0 spiro atoms. The van der Waals surface area contributed by atoms with E-state index in [9.17, 15) is 0 Å². The molecule has 0 radical (unpaired) electrons. The Bertz CT molecular complexity index is 1590. The molecule has 2 aliphatic rings. The van der Waals surface area contributed by atoms with Crippen LogP contribution in [0.25, 0.3) is 11.1 Å². The first-order valence-electron chi connectivity index (χ1n) is 13.3. The van der Waals surface area contributed by atoms with Crippen molar-refractivity contribution in [3.05, 3.63) is 143 Å². The van der Waals surface area contributed by atoms with E-state index >= 15 is 0 Å². The Hall–Kier alpha value is -1.96. The fourth-order valence-electron chi connectivity index (χ4n) is 6.67. The van der Waals surface area contributed by atoms with Gasteiger partial charge >= 0.3 is 237 Å². The van der Waals surface area contributed by atoms with Crippen LogP contribution >= 0.6 is 17.0 Å². The molecule has 0 saturated carbocycles. The summed E-state index contributed by atoms with van der Waals surface area (Å²) in [5.41, 5.74) is 9.31. The molecule has 38 heavy (non-hydrogen) atoms. The van der Waals surface area contributed by atoms with Gasteiger partial charge in [-0.25, -0.2) is 0 Å². The summed E-state index contributed by atoms with van der Waals surface area (Å²) in [7, 11) is 16.5. The average Bonchev–Trinajstić information content (AvgIpc) is 3.46. The average molecular weight is 631 g/mol. The molecule has 2 unspecified atom stereocenters. The first kappa shape index (κ1) is 26.3. The number of fused-ring (bicyclic) bond motifs is 2. The summed E-state index contributed by atoms with van der Waals surface area (Å²) in [4.78, 5) is 0. The molecular weight excluding hydrogens is 599 g/mol. The van der Waals surface area contributed by atoms with Gasteiger partial charge in [-0.05, 0) is 0 Å². The van der Waals surface area contributed by atoms with Gasteiger partial charge in [-0.1, -0.05) is 0 Å². The molecular formula is C34H32Cl2SiZr. The third-order valence-electron chi connectivity index (χ3n) is 8.63. The maximum absolute atomic E-state index is 8.23. The van der Waals surface area contributed by atoms with Crippen molar-refractivity contribution in [1.82, 2.24) is 0 Å². The third kappa shape index (κ3) is 3.87. The van der Waals surface area contributed by atoms with E-state index in [4.69, 9.17) is 17.0 Å². The molecule has 6 rings (SSSR count). The number of allylic oxidation sites excluding steroid dienone is 4. The Balaban J connectivity index is 1.62. The molecule has 2 aliphatic carbocycles.